The maximum Gasteiger partial charge on any atom is 0.265 e. The summed E-state index contributed by atoms with van der Waals surface area (Å²) in [6.45, 7) is 5.14. The van der Waals surface area contributed by atoms with Gasteiger partial charge in [0.15, 0.2) is 0 Å². The quantitative estimate of drug-likeness (QED) is 0.884. The molecule has 0 saturated carbocycles. The third-order valence-electron chi connectivity index (χ3n) is 4.42. The smallest absolute Gasteiger partial charge is 0.265 e. The van der Waals surface area contributed by atoms with Crippen LogP contribution in [0.25, 0.3) is 0 Å². The van der Waals surface area contributed by atoms with E-state index in [4.69, 9.17) is 0 Å². The Balaban J connectivity index is 1.86. The first kappa shape index (κ1) is 17.7. The molecule has 0 spiro atoms. The number of hydrogen-bond acceptors (Lipinski definition) is 5. The SMILES string of the molecule is CCN(c1ccccc1)S(=O)(=O)c1ccc(N2CCC(C)(O)C2)nc1. The van der Waals surface area contributed by atoms with Crippen molar-refractivity contribution >= 4 is 21.5 Å². The molecule has 1 aromatic heterocycles. The number of anilines is 2. The summed E-state index contributed by atoms with van der Waals surface area (Å²) in [5.74, 6) is 0.680. The van der Waals surface area contributed by atoms with Crippen LogP contribution in [-0.2, 0) is 10.0 Å². The zero-order chi connectivity index (χ0) is 18.1. The Kier molecular flexibility index (Phi) is 4.71. The van der Waals surface area contributed by atoms with Crippen molar-refractivity contribution in [2.75, 3.05) is 28.8 Å². The highest BCUT2D eigenvalue weighted by atomic mass is 32.2. The number of nitrogens with zero attached hydrogens (tertiary/aromatic N) is 3. The fourth-order valence-electron chi connectivity index (χ4n) is 3.07. The standard InChI is InChI=1S/C18H23N3O3S/c1-3-21(15-7-5-4-6-8-15)25(23,24)16-9-10-17(19-13-16)20-12-11-18(2,22)14-20/h4-10,13,22H,3,11-12,14H2,1-2H3. The van der Waals surface area contributed by atoms with E-state index in [-0.39, 0.29) is 4.90 Å². The highest BCUT2D eigenvalue weighted by molar-refractivity contribution is 7.92. The van der Waals surface area contributed by atoms with E-state index < -0.39 is 15.6 Å². The van der Waals surface area contributed by atoms with Crippen molar-refractivity contribution in [1.82, 2.24) is 4.98 Å². The van der Waals surface area contributed by atoms with Crippen LogP contribution < -0.4 is 9.21 Å². The topological polar surface area (TPSA) is 73.7 Å². The maximum absolute atomic E-state index is 12.9. The van der Waals surface area contributed by atoms with Crippen molar-refractivity contribution in [3.05, 3.63) is 48.7 Å². The molecule has 1 saturated heterocycles. The second kappa shape index (κ2) is 6.65. The van der Waals surface area contributed by atoms with Gasteiger partial charge in [-0.3, -0.25) is 4.31 Å². The molecule has 1 fully saturated rings. The molecule has 1 N–H and O–H groups in total. The molecule has 1 aromatic carbocycles. The van der Waals surface area contributed by atoms with Gasteiger partial charge in [0.2, 0.25) is 0 Å². The Labute approximate surface area is 148 Å². The highest BCUT2D eigenvalue weighted by Gasteiger charge is 2.32. The fraction of sp³-hybridized carbons (Fsp3) is 0.389. The van der Waals surface area contributed by atoms with Crippen LogP contribution in [0.1, 0.15) is 20.3 Å². The van der Waals surface area contributed by atoms with E-state index in [1.807, 2.05) is 23.1 Å². The van der Waals surface area contributed by atoms with Crippen LogP contribution in [0.5, 0.6) is 0 Å². The van der Waals surface area contributed by atoms with Gasteiger partial charge in [-0.2, -0.15) is 0 Å². The molecule has 3 rings (SSSR count). The number of benzene rings is 1. The van der Waals surface area contributed by atoms with Gasteiger partial charge >= 0.3 is 0 Å². The van der Waals surface area contributed by atoms with Crippen LogP contribution in [0, 0.1) is 0 Å². The number of sulfonamides is 1. The summed E-state index contributed by atoms with van der Waals surface area (Å²) >= 11 is 0. The molecule has 1 atom stereocenters. The molecule has 134 valence electrons. The lowest BCUT2D eigenvalue weighted by Crippen LogP contribution is -2.31. The van der Waals surface area contributed by atoms with Crippen LogP contribution in [-0.4, -0.2) is 43.7 Å². The van der Waals surface area contributed by atoms with Crippen molar-refractivity contribution in [1.29, 1.82) is 0 Å². The zero-order valence-electron chi connectivity index (χ0n) is 14.5. The second-order valence-electron chi connectivity index (χ2n) is 6.53. The number of rotatable bonds is 5. The zero-order valence-corrected chi connectivity index (χ0v) is 15.3. The van der Waals surface area contributed by atoms with E-state index in [2.05, 4.69) is 4.98 Å². The van der Waals surface area contributed by atoms with Gasteiger partial charge in [0.05, 0.1) is 11.3 Å². The molecule has 0 aliphatic carbocycles. The second-order valence-corrected chi connectivity index (χ2v) is 8.39. The van der Waals surface area contributed by atoms with Crippen molar-refractivity contribution in [2.45, 2.75) is 30.8 Å². The Morgan fingerprint density at radius 1 is 1.24 bits per heavy atom. The predicted octanol–water partition coefficient (Wildman–Crippen LogP) is 2.26. The Hall–Kier alpha value is -2.12. The molecule has 2 heterocycles. The molecule has 6 nitrogen and oxygen atoms in total. The molecule has 0 radical (unpaired) electrons. The van der Waals surface area contributed by atoms with E-state index in [1.165, 1.54) is 10.5 Å². The predicted molar refractivity (Wildman–Crippen MR) is 98.3 cm³/mol. The largest absolute Gasteiger partial charge is 0.388 e. The minimum Gasteiger partial charge on any atom is -0.388 e. The molecule has 2 aromatic rings. The summed E-state index contributed by atoms with van der Waals surface area (Å²) in [4.78, 5) is 6.44. The number of aromatic nitrogens is 1. The van der Waals surface area contributed by atoms with Crippen molar-refractivity contribution in [2.24, 2.45) is 0 Å². The summed E-state index contributed by atoms with van der Waals surface area (Å²) in [7, 11) is -3.66. The van der Waals surface area contributed by atoms with Crippen molar-refractivity contribution in [3.8, 4) is 0 Å². The van der Waals surface area contributed by atoms with E-state index >= 15 is 0 Å². The fourth-order valence-corrected chi connectivity index (χ4v) is 4.49. The third-order valence-corrected chi connectivity index (χ3v) is 6.30. The van der Waals surface area contributed by atoms with Crippen LogP contribution in [0.2, 0.25) is 0 Å². The average Bonchev–Trinajstić information content (AvgIpc) is 2.96. The third kappa shape index (κ3) is 3.62. The molecular weight excluding hydrogens is 338 g/mol. The van der Waals surface area contributed by atoms with E-state index in [1.54, 1.807) is 38.1 Å². The monoisotopic (exact) mass is 361 g/mol. The summed E-state index contributed by atoms with van der Waals surface area (Å²) < 4.78 is 27.2. The average molecular weight is 361 g/mol. The first-order valence-electron chi connectivity index (χ1n) is 8.35. The normalized spacial score (nSPS) is 20.7. The van der Waals surface area contributed by atoms with Crippen molar-refractivity contribution in [3.63, 3.8) is 0 Å². The minimum absolute atomic E-state index is 0.160. The van der Waals surface area contributed by atoms with Crippen LogP contribution in [0.3, 0.4) is 0 Å². The maximum atomic E-state index is 12.9. The van der Waals surface area contributed by atoms with Gasteiger partial charge in [-0.15, -0.1) is 0 Å². The number of β-amino-alcohol motifs (C(OH)–C–C–N with tert-alkyl or cyclic N) is 1. The van der Waals surface area contributed by atoms with Gasteiger partial charge in [0.25, 0.3) is 10.0 Å². The lowest BCUT2D eigenvalue weighted by Gasteiger charge is -2.23. The molecule has 25 heavy (non-hydrogen) atoms. The van der Waals surface area contributed by atoms with Crippen LogP contribution >= 0.6 is 0 Å². The summed E-state index contributed by atoms with van der Waals surface area (Å²) in [6, 6.07) is 12.3. The van der Waals surface area contributed by atoms with E-state index in [0.29, 0.717) is 37.6 Å². The molecule has 1 aliphatic rings. The first-order chi connectivity index (χ1) is 11.8. The van der Waals surface area contributed by atoms with Gasteiger partial charge < -0.3 is 10.0 Å². The number of pyridine rings is 1. The molecule has 7 heteroatoms. The van der Waals surface area contributed by atoms with Crippen LogP contribution in [0.15, 0.2) is 53.6 Å². The van der Waals surface area contributed by atoms with Gasteiger partial charge in [0, 0.05) is 25.8 Å². The van der Waals surface area contributed by atoms with E-state index in [0.717, 1.165) is 0 Å². The molecule has 0 amide bonds. The first-order valence-corrected chi connectivity index (χ1v) is 9.79. The number of para-hydroxylation sites is 1. The van der Waals surface area contributed by atoms with Crippen LogP contribution in [0.4, 0.5) is 11.5 Å². The number of aliphatic hydroxyl groups is 1. The Bertz CT molecular complexity index is 820. The van der Waals surface area contributed by atoms with E-state index in [9.17, 15) is 13.5 Å². The molecular formula is C18H23N3O3S. The molecule has 1 aliphatic heterocycles. The van der Waals surface area contributed by atoms with Crippen molar-refractivity contribution < 1.29 is 13.5 Å². The van der Waals surface area contributed by atoms with Gasteiger partial charge in [-0.25, -0.2) is 13.4 Å². The summed E-state index contributed by atoms with van der Waals surface area (Å²) in [5, 5.41) is 10.1. The summed E-state index contributed by atoms with van der Waals surface area (Å²) in [6.07, 6.45) is 2.07. The number of hydrogen-bond donors (Lipinski definition) is 1. The lowest BCUT2D eigenvalue weighted by atomic mass is 10.1. The Morgan fingerprint density at radius 2 is 1.96 bits per heavy atom. The molecule has 0 bridgehead atoms. The van der Waals surface area contributed by atoms with Gasteiger partial charge in [-0.1, -0.05) is 18.2 Å². The van der Waals surface area contributed by atoms with Gasteiger partial charge in [0.1, 0.15) is 10.7 Å². The lowest BCUT2D eigenvalue weighted by molar-refractivity contribution is 0.0839. The van der Waals surface area contributed by atoms with Gasteiger partial charge in [-0.05, 0) is 44.5 Å². The molecule has 1 unspecified atom stereocenters. The minimum atomic E-state index is -3.66. The summed E-state index contributed by atoms with van der Waals surface area (Å²) in [5.41, 5.74) is -0.0941. The Morgan fingerprint density at radius 3 is 2.48 bits per heavy atom. The highest BCUT2D eigenvalue weighted by Crippen LogP contribution is 2.27.